The Bertz CT molecular complexity index is 926. The number of halogens is 2. The SMILES string of the molecule is CC(C)(C)NC(=O)Nc1ccc2c(c1)OCC(=O)N2Cc1cccc(C(F)F)c1. The van der Waals surface area contributed by atoms with Crippen LogP contribution in [0, 0.1) is 0 Å². The highest BCUT2D eigenvalue weighted by atomic mass is 19.3. The van der Waals surface area contributed by atoms with Gasteiger partial charge in [-0.3, -0.25) is 4.79 Å². The molecule has 0 aromatic heterocycles. The van der Waals surface area contributed by atoms with E-state index >= 15 is 0 Å². The van der Waals surface area contributed by atoms with Crippen molar-refractivity contribution in [3.05, 3.63) is 53.6 Å². The number of hydrogen-bond acceptors (Lipinski definition) is 3. The number of nitrogens with zero attached hydrogens (tertiary/aromatic N) is 1. The molecule has 0 radical (unpaired) electrons. The Labute approximate surface area is 167 Å². The maximum atomic E-state index is 13.0. The van der Waals surface area contributed by atoms with Gasteiger partial charge in [-0.1, -0.05) is 18.2 Å². The second kappa shape index (κ2) is 8.06. The predicted molar refractivity (Wildman–Crippen MR) is 106 cm³/mol. The predicted octanol–water partition coefficient (Wildman–Crippen LogP) is 4.47. The third-order valence-corrected chi connectivity index (χ3v) is 4.19. The lowest BCUT2D eigenvalue weighted by atomic mass is 10.1. The van der Waals surface area contributed by atoms with Crippen molar-refractivity contribution in [1.29, 1.82) is 0 Å². The van der Waals surface area contributed by atoms with Gasteiger partial charge in [-0.05, 0) is 44.5 Å². The smallest absolute Gasteiger partial charge is 0.319 e. The minimum Gasteiger partial charge on any atom is -0.481 e. The second-order valence-electron chi connectivity index (χ2n) is 7.83. The molecular weight excluding hydrogens is 380 g/mol. The summed E-state index contributed by atoms with van der Waals surface area (Å²) in [7, 11) is 0. The fourth-order valence-electron chi connectivity index (χ4n) is 2.97. The molecule has 2 aromatic rings. The minimum atomic E-state index is -2.57. The standard InChI is InChI=1S/C21H23F2N3O3/c1-21(2,3)25-20(28)24-15-7-8-16-17(10-15)29-12-18(27)26(16)11-13-5-4-6-14(9-13)19(22)23/h4-10,19H,11-12H2,1-3H3,(H2,24,25,28). The van der Waals surface area contributed by atoms with Crippen LogP contribution in [0.3, 0.4) is 0 Å². The first kappa shape index (κ1) is 20.6. The van der Waals surface area contributed by atoms with Gasteiger partial charge in [-0.2, -0.15) is 0 Å². The van der Waals surface area contributed by atoms with Crippen molar-refractivity contribution < 1.29 is 23.1 Å². The van der Waals surface area contributed by atoms with Crippen LogP contribution in [0.2, 0.25) is 0 Å². The molecule has 1 heterocycles. The van der Waals surface area contributed by atoms with Crippen molar-refractivity contribution in [2.24, 2.45) is 0 Å². The summed E-state index contributed by atoms with van der Waals surface area (Å²) >= 11 is 0. The van der Waals surface area contributed by atoms with Gasteiger partial charge in [0.05, 0.1) is 12.2 Å². The number of urea groups is 1. The number of hydrogen-bond donors (Lipinski definition) is 2. The molecule has 0 bridgehead atoms. The van der Waals surface area contributed by atoms with Gasteiger partial charge in [-0.15, -0.1) is 0 Å². The van der Waals surface area contributed by atoms with E-state index in [2.05, 4.69) is 10.6 Å². The average Bonchev–Trinajstić information content (AvgIpc) is 2.62. The number of rotatable bonds is 4. The highest BCUT2D eigenvalue weighted by molar-refractivity contribution is 5.98. The van der Waals surface area contributed by atoms with E-state index in [1.54, 1.807) is 30.3 Å². The zero-order chi connectivity index (χ0) is 21.2. The van der Waals surface area contributed by atoms with Gasteiger partial charge in [0.15, 0.2) is 6.61 Å². The number of nitrogens with one attached hydrogen (secondary N) is 2. The lowest BCUT2D eigenvalue weighted by molar-refractivity contribution is -0.121. The summed E-state index contributed by atoms with van der Waals surface area (Å²) in [6, 6.07) is 10.6. The molecule has 3 amide bonds. The highest BCUT2D eigenvalue weighted by Crippen LogP contribution is 2.35. The Balaban J connectivity index is 1.80. The van der Waals surface area contributed by atoms with Crippen LogP contribution in [-0.4, -0.2) is 24.1 Å². The third-order valence-electron chi connectivity index (χ3n) is 4.19. The quantitative estimate of drug-likeness (QED) is 0.791. The summed E-state index contributed by atoms with van der Waals surface area (Å²) in [6.45, 7) is 5.59. The molecule has 0 unspecified atom stereocenters. The highest BCUT2D eigenvalue weighted by Gasteiger charge is 2.26. The number of ether oxygens (including phenoxy) is 1. The van der Waals surface area contributed by atoms with Gasteiger partial charge < -0.3 is 20.3 Å². The van der Waals surface area contributed by atoms with E-state index in [1.165, 1.54) is 17.0 Å². The van der Waals surface area contributed by atoms with Crippen molar-refractivity contribution in [2.45, 2.75) is 39.3 Å². The van der Waals surface area contributed by atoms with Crippen LogP contribution < -0.4 is 20.3 Å². The number of alkyl halides is 2. The topological polar surface area (TPSA) is 70.7 Å². The Morgan fingerprint density at radius 3 is 2.66 bits per heavy atom. The molecule has 154 valence electrons. The average molecular weight is 403 g/mol. The van der Waals surface area contributed by atoms with Crippen LogP contribution >= 0.6 is 0 Å². The van der Waals surface area contributed by atoms with Gasteiger partial charge in [-0.25, -0.2) is 13.6 Å². The van der Waals surface area contributed by atoms with Crippen LogP contribution in [0.1, 0.15) is 38.3 Å². The Kier molecular flexibility index (Phi) is 5.72. The first-order chi connectivity index (χ1) is 13.6. The van der Waals surface area contributed by atoms with Gasteiger partial charge in [0, 0.05) is 22.9 Å². The summed E-state index contributed by atoms with van der Waals surface area (Å²) in [4.78, 5) is 25.9. The summed E-state index contributed by atoms with van der Waals surface area (Å²) in [5.41, 5.74) is 1.15. The van der Waals surface area contributed by atoms with E-state index in [0.29, 0.717) is 22.7 Å². The zero-order valence-corrected chi connectivity index (χ0v) is 16.5. The Morgan fingerprint density at radius 1 is 1.21 bits per heavy atom. The fourth-order valence-corrected chi connectivity index (χ4v) is 2.97. The maximum absolute atomic E-state index is 13.0. The largest absolute Gasteiger partial charge is 0.481 e. The van der Waals surface area contributed by atoms with Gasteiger partial charge in [0.1, 0.15) is 5.75 Å². The molecule has 6 nitrogen and oxygen atoms in total. The van der Waals surface area contributed by atoms with E-state index < -0.39 is 6.43 Å². The zero-order valence-electron chi connectivity index (χ0n) is 16.5. The van der Waals surface area contributed by atoms with Crippen molar-refractivity contribution in [3.63, 3.8) is 0 Å². The third kappa shape index (κ3) is 5.22. The molecule has 29 heavy (non-hydrogen) atoms. The summed E-state index contributed by atoms with van der Waals surface area (Å²) in [5, 5.41) is 5.52. The number of carbonyl (C=O) groups excluding carboxylic acids is 2. The lowest BCUT2D eigenvalue weighted by Crippen LogP contribution is -2.43. The first-order valence-electron chi connectivity index (χ1n) is 9.16. The number of anilines is 2. The minimum absolute atomic E-state index is 0.0900. The number of amides is 3. The molecule has 1 aliphatic rings. The van der Waals surface area contributed by atoms with Gasteiger partial charge in [0.2, 0.25) is 0 Å². The number of carbonyl (C=O) groups is 2. The molecule has 1 aliphatic heterocycles. The molecule has 3 rings (SSSR count). The van der Waals surface area contributed by atoms with E-state index in [1.807, 2.05) is 20.8 Å². The van der Waals surface area contributed by atoms with Crippen LogP contribution in [0.25, 0.3) is 0 Å². The summed E-state index contributed by atoms with van der Waals surface area (Å²) in [6.07, 6.45) is -2.57. The lowest BCUT2D eigenvalue weighted by Gasteiger charge is -2.30. The maximum Gasteiger partial charge on any atom is 0.319 e. The summed E-state index contributed by atoms with van der Waals surface area (Å²) < 4.78 is 31.4. The molecule has 0 atom stereocenters. The molecule has 8 heteroatoms. The molecule has 0 fully saturated rings. The molecule has 0 spiro atoms. The number of benzene rings is 2. The molecule has 2 aromatic carbocycles. The molecule has 0 saturated carbocycles. The normalized spacial score (nSPS) is 13.7. The van der Waals surface area contributed by atoms with Crippen LogP contribution in [-0.2, 0) is 11.3 Å². The van der Waals surface area contributed by atoms with Crippen LogP contribution in [0.5, 0.6) is 5.75 Å². The molecule has 0 aliphatic carbocycles. The molecule has 2 N–H and O–H groups in total. The van der Waals surface area contributed by atoms with E-state index in [-0.39, 0.29) is 36.2 Å². The van der Waals surface area contributed by atoms with Crippen LogP contribution in [0.15, 0.2) is 42.5 Å². The van der Waals surface area contributed by atoms with Crippen molar-refractivity contribution in [1.82, 2.24) is 5.32 Å². The van der Waals surface area contributed by atoms with Crippen molar-refractivity contribution >= 4 is 23.3 Å². The second-order valence-corrected chi connectivity index (χ2v) is 7.83. The monoisotopic (exact) mass is 403 g/mol. The van der Waals surface area contributed by atoms with Gasteiger partial charge in [0.25, 0.3) is 12.3 Å². The van der Waals surface area contributed by atoms with Crippen molar-refractivity contribution in [3.8, 4) is 5.75 Å². The van der Waals surface area contributed by atoms with Gasteiger partial charge >= 0.3 is 6.03 Å². The number of fused-ring (bicyclic) bond motifs is 1. The molecular formula is C21H23F2N3O3. The molecule has 0 saturated heterocycles. The Morgan fingerprint density at radius 2 is 1.97 bits per heavy atom. The van der Waals surface area contributed by atoms with E-state index in [0.717, 1.165) is 0 Å². The van der Waals surface area contributed by atoms with Crippen LogP contribution in [0.4, 0.5) is 25.0 Å². The van der Waals surface area contributed by atoms with Crippen molar-refractivity contribution in [2.75, 3.05) is 16.8 Å². The Hall–Kier alpha value is -3.16. The first-order valence-corrected chi connectivity index (χ1v) is 9.16. The summed E-state index contributed by atoms with van der Waals surface area (Å²) in [5.74, 6) is 0.161. The van der Waals surface area contributed by atoms with E-state index in [4.69, 9.17) is 4.74 Å². The fraction of sp³-hybridized carbons (Fsp3) is 0.333. The van der Waals surface area contributed by atoms with E-state index in [9.17, 15) is 18.4 Å².